The molecular formula is C11H17F3O3S2Si. The van der Waals surface area contributed by atoms with Crippen molar-refractivity contribution in [2.24, 2.45) is 0 Å². The number of benzene rings is 1. The number of hydrogen-bond acceptors (Lipinski definition) is 4. The third-order valence-electron chi connectivity index (χ3n) is 1.62. The van der Waals surface area contributed by atoms with E-state index in [2.05, 4.69) is 22.3 Å². The molecule has 0 aromatic heterocycles. The van der Waals surface area contributed by atoms with Crippen molar-refractivity contribution >= 4 is 30.2 Å². The summed E-state index contributed by atoms with van der Waals surface area (Å²) in [5, 5.41) is 0. The first-order chi connectivity index (χ1) is 8.89. The van der Waals surface area contributed by atoms with Crippen molar-refractivity contribution in [3.05, 3.63) is 30.3 Å². The number of hydrogen-bond donors (Lipinski definition) is 0. The van der Waals surface area contributed by atoms with Gasteiger partial charge in [0.15, 0.2) is 0 Å². The van der Waals surface area contributed by atoms with Crippen LogP contribution < -0.4 is 0 Å². The first-order valence-electron chi connectivity index (χ1n) is 5.50. The lowest BCUT2D eigenvalue weighted by Crippen LogP contribution is -2.36. The second-order valence-corrected chi connectivity index (χ2v) is 11.8. The first-order valence-corrected chi connectivity index (χ1v) is 11.5. The number of thioether (sulfide) groups is 1. The van der Waals surface area contributed by atoms with E-state index in [-0.39, 0.29) is 0 Å². The van der Waals surface area contributed by atoms with Gasteiger partial charge in [0.2, 0.25) is 8.32 Å². The molecule has 0 unspecified atom stereocenters. The zero-order valence-corrected chi connectivity index (χ0v) is 14.2. The molecule has 1 aromatic rings. The molecule has 0 aliphatic heterocycles. The highest BCUT2D eigenvalue weighted by molar-refractivity contribution is 7.98. The molecule has 116 valence electrons. The Morgan fingerprint density at radius 1 is 1.10 bits per heavy atom. The maximum absolute atomic E-state index is 11.7. The fourth-order valence-electron chi connectivity index (χ4n) is 0.933. The van der Waals surface area contributed by atoms with Gasteiger partial charge in [-0.25, -0.2) is 0 Å². The molecule has 0 saturated heterocycles. The predicted octanol–water partition coefficient (Wildman–Crippen LogP) is 4.10. The Labute approximate surface area is 122 Å². The number of alkyl halides is 3. The van der Waals surface area contributed by atoms with Gasteiger partial charge >= 0.3 is 15.6 Å². The largest absolute Gasteiger partial charge is 0.522 e. The molecule has 1 rings (SSSR count). The lowest BCUT2D eigenvalue weighted by molar-refractivity contribution is -0.0503. The molecule has 20 heavy (non-hydrogen) atoms. The Hall–Kier alpha value is -0.513. The van der Waals surface area contributed by atoms with Crippen molar-refractivity contribution in [2.75, 3.05) is 6.26 Å². The average Bonchev–Trinajstić information content (AvgIpc) is 2.26. The zero-order valence-electron chi connectivity index (χ0n) is 11.6. The van der Waals surface area contributed by atoms with Gasteiger partial charge in [-0.3, -0.25) is 0 Å². The fraction of sp³-hybridized carbons (Fsp3) is 0.455. The van der Waals surface area contributed by atoms with Crippen LogP contribution in [0.3, 0.4) is 0 Å². The maximum Gasteiger partial charge on any atom is 0.522 e. The Morgan fingerprint density at radius 2 is 1.55 bits per heavy atom. The molecule has 0 fully saturated rings. The SMILES string of the molecule is CSc1ccccc1.C[Si](C)(C)OS(=O)(=O)C(F)(F)F. The van der Waals surface area contributed by atoms with Crippen LogP contribution in [0.1, 0.15) is 0 Å². The molecule has 1 aromatic carbocycles. The average molecular weight is 346 g/mol. The molecule has 0 bridgehead atoms. The monoisotopic (exact) mass is 346 g/mol. The zero-order chi connectivity index (χ0) is 16.0. The Bertz CT molecular complexity index is 496. The van der Waals surface area contributed by atoms with E-state index < -0.39 is 23.9 Å². The lowest BCUT2D eigenvalue weighted by Gasteiger charge is -2.17. The Kier molecular flexibility index (Phi) is 7.29. The highest BCUT2D eigenvalue weighted by atomic mass is 32.2. The van der Waals surface area contributed by atoms with E-state index >= 15 is 0 Å². The molecule has 0 amide bonds. The van der Waals surface area contributed by atoms with E-state index in [1.807, 2.05) is 18.2 Å². The molecule has 9 heteroatoms. The molecular weight excluding hydrogens is 329 g/mol. The van der Waals surface area contributed by atoms with Gasteiger partial charge in [-0.1, -0.05) is 18.2 Å². The molecule has 3 nitrogen and oxygen atoms in total. The van der Waals surface area contributed by atoms with Crippen molar-refractivity contribution < 1.29 is 25.5 Å². The topological polar surface area (TPSA) is 43.4 Å². The minimum absolute atomic E-state index is 1.33. The van der Waals surface area contributed by atoms with Gasteiger partial charge in [-0.2, -0.15) is 21.6 Å². The summed E-state index contributed by atoms with van der Waals surface area (Å²) in [6, 6.07) is 10.3. The van der Waals surface area contributed by atoms with Crippen LogP contribution in [0, 0.1) is 0 Å². The highest BCUT2D eigenvalue weighted by Gasteiger charge is 2.49. The van der Waals surface area contributed by atoms with Gasteiger partial charge < -0.3 is 3.87 Å². The van der Waals surface area contributed by atoms with Crippen LogP contribution in [0.15, 0.2) is 35.2 Å². The van der Waals surface area contributed by atoms with Crippen molar-refractivity contribution in [3.63, 3.8) is 0 Å². The summed E-state index contributed by atoms with van der Waals surface area (Å²) < 4.78 is 59.7. The standard InChI is InChI=1S/C7H8S.C4H9F3O3SSi/c1-8-7-5-3-2-4-6-7;1-12(2,3)10-11(8,9)4(5,6)7/h2-6H,1H3;1-3H3. The van der Waals surface area contributed by atoms with Gasteiger partial charge in [0.05, 0.1) is 0 Å². The molecule has 0 heterocycles. The van der Waals surface area contributed by atoms with Crippen LogP contribution in [-0.2, 0) is 14.0 Å². The van der Waals surface area contributed by atoms with Gasteiger partial charge in [0, 0.05) is 4.90 Å². The van der Waals surface area contributed by atoms with Crippen LogP contribution in [0.25, 0.3) is 0 Å². The minimum atomic E-state index is -5.39. The quantitative estimate of drug-likeness (QED) is 0.470. The van der Waals surface area contributed by atoms with Crippen LogP contribution in [0.4, 0.5) is 13.2 Å². The second kappa shape index (κ2) is 7.48. The third kappa shape index (κ3) is 7.93. The summed E-state index contributed by atoms with van der Waals surface area (Å²) in [6.45, 7) is 4.07. The molecule has 0 spiro atoms. The summed E-state index contributed by atoms with van der Waals surface area (Å²) in [4.78, 5) is 1.33. The van der Waals surface area contributed by atoms with Gasteiger partial charge in [0.25, 0.3) is 0 Å². The highest BCUT2D eigenvalue weighted by Crippen LogP contribution is 2.27. The summed E-state index contributed by atoms with van der Waals surface area (Å²) in [5.74, 6) is 0. The summed E-state index contributed by atoms with van der Waals surface area (Å²) >= 11 is 1.77. The molecule has 0 saturated carbocycles. The normalized spacial score (nSPS) is 12.6. The van der Waals surface area contributed by atoms with Gasteiger partial charge in [-0.05, 0) is 38.0 Å². The number of halogens is 3. The van der Waals surface area contributed by atoms with E-state index in [0.29, 0.717) is 0 Å². The first kappa shape index (κ1) is 19.5. The summed E-state index contributed by atoms with van der Waals surface area (Å²) in [5.41, 5.74) is -5.31. The van der Waals surface area contributed by atoms with Gasteiger partial charge in [0.1, 0.15) is 0 Å². The fourth-order valence-corrected chi connectivity index (χ4v) is 4.37. The third-order valence-corrected chi connectivity index (χ3v) is 5.81. The maximum atomic E-state index is 11.7. The molecule has 0 N–H and O–H groups in total. The van der Waals surface area contributed by atoms with E-state index in [0.717, 1.165) is 0 Å². The molecule has 0 atom stereocenters. The van der Waals surface area contributed by atoms with Crippen molar-refractivity contribution in [1.29, 1.82) is 0 Å². The van der Waals surface area contributed by atoms with Crippen LogP contribution >= 0.6 is 11.8 Å². The van der Waals surface area contributed by atoms with Crippen LogP contribution in [0.2, 0.25) is 19.6 Å². The van der Waals surface area contributed by atoms with E-state index in [9.17, 15) is 21.6 Å². The van der Waals surface area contributed by atoms with Gasteiger partial charge in [-0.15, -0.1) is 11.8 Å². The minimum Gasteiger partial charge on any atom is -0.309 e. The lowest BCUT2D eigenvalue weighted by atomic mass is 10.4. The van der Waals surface area contributed by atoms with E-state index in [1.165, 1.54) is 24.5 Å². The van der Waals surface area contributed by atoms with Crippen molar-refractivity contribution in [2.45, 2.75) is 30.0 Å². The van der Waals surface area contributed by atoms with E-state index in [4.69, 9.17) is 0 Å². The van der Waals surface area contributed by atoms with E-state index in [1.54, 1.807) is 11.8 Å². The molecule has 0 aliphatic rings. The number of rotatable bonds is 3. The van der Waals surface area contributed by atoms with Crippen molar-refractivity contribution in [1.82, 2.24) is 0 Å². The predicted molar refractivity (Wildman–Crippen MR) is 77.6 cm³/mol. The smallest absolute Gasteiger partial charge is 0.309 e. The molecule has 0 radical (unpaired) electrons. The summed E-state index contributed by atoms with van der Waals surface area (Å²) in [7, 11) is -8.10. The molecule has 0 aliphatic carbocycles. The Morgan fingerprint density at radius 3 is 1.75 bits per heavy atom. The summed E-state index contributed by atoms with van der Waals surface area (Å²) in [6.07, 6.45) is 2.08. The second-order valence-electron chi connectivity index (χ2n) is 4.61. The van der Waals surface area contributed by atoms with Crippen LogP contribution in [-0.4, -0.2) is 28.5 Å². The van der Waals surface area contributed by atoms with Crippen molar-refractivity contribution in [3.8, 4) is 0 Å². The Balaban J connectivity index is 0.000000388. The van der Waals surface area contributed by atoms with Crippen LogP contribution in [0.5, 0.6) is 0 Å².